The summed E-state index contributed by atoms with van der Waals surface area (Å²) in [4.78, 5) is 19.2. The number of halogens is 1. The molecule has 1 aliphatic rings. The van der Waals surface area contributed by atoms with Crippen LogP contribution in [-0.2, 0) is 10.3 Å². The lowest BCUT2D eigenvalue weighted by Gasteiger charge is -2.42. The summed E-state index contributed by atoms with van der Waals surface area (Å²) in [6.45, 7) is 7.13. The standard InChI is InChI=1S/C19H25ClN6O/c1-12-5-6-16-23-8-15(26(16)9-12)19(2,3)24-18(27)13-10-25(11-13)17(22-4)14(20)7-21/h5-9,13,21-22H,10-11H2,1-4H3,(H,24,27)/b17-14-,21-7?. The van der Waals surface area contributed by atoms with Crippen molar-refractivity contribution in [1.82, 2.24) is 24.9 Å². The molecule has 1 amide bonds. The Balaban J connectivity index is 1.71. The number of pyridine rings is 1. The molecular weight excluding hydrogens is 364 g/mol. The average Bonchev–Trinajstić information content (AvgIpc) is 3.00. The summed E-state index contributed by atoms with van der Waals surface area (Å²) in [5.74, 6) is 0.552. The van der Waals surface area contributed by atoms with Crippen molar-refractivity contribution in [3.8, 4) is 0 Å². The Hall–Kier alpha value is -2.54. The maximum atomic E-state index is 12.8. The fourth-order valence-corrected chi connectivity index (χ4v) is 3.56. The molecule has 0 unspecified atom stereocenters. The van der Waals surface area contributed by atoms with Crippen LogP contribution < -0.4 is 10.6 Å². The van der Waals surface area contributed by atoms with Crippen LogP contribution in [0.25, 0.3) is 5.65 Å². The second kappa shape index (κ2) is 7.23. The minimum Gasteiger partial charge on any atom is -0.374 e. The van der Waals surface area contributed by atoms with Crippen LogP contribution in [0.15, 0.2) is 35.4 Å². The van der Waals surface area contributed by atoms with Gasteiger partial charge >= 0.3 is 0 Å². The number of aryl methyl sites for hydroxylation is 1. The molecule has 8 heteroatoms. The Bertz CT molecular complexity index is 910. The van der Waals surface area contributed by atoms with Crippen molar-refractivity contribution in [2.75, 3.05) is 20.1 Å². The normalized spacial score (nSPS) is 16.0. The number of likely N-dealkylation sites (tertiary alicyclic amines) is 1. The summed E-state index contributed by atoms with van der Waals surface area (Å²) in [5.41, 5.74) is 2.37. The third-order valence-electron chi connectivity index (χ3n) is 4.89. The van der Waals surface area contributed by atoms with Crippen molar-refractivity contribution in [3.05, 3.63) is 46.6 Å². The van der Waals surface area contributed by atoms with Crippen molar-refractivity contribution >= 4 is 29.4 Å². The number of fused-ring (bicyclic) bond motifs is 1. The molecule has 0 atom stereocenters. The molecule has 3 rings (SSSR count). The molecule has 144 valence electrons. The van der Waals surface area contributed by atoms with Crippen LogP contribution in [-0.4, -0.2) is 46.5 Å². The summed E-state index contributed by atoms with van der Waals surface area (Å²) in [7, 11) is 1.75. The molecule has 2 aromatic heterocycles. The number of amides is 1. The van der Waals surface area contributed by atoms with E-state index in [0.717, 1.165) is 23.1 Å². The van der Waals surface area contributed by atoms with Crippen LogP contribution in [0.5, 0.6) is 0 Å². The molecule has 0 spiro atoms. The number of nitrogens with zero attached hydrogens (tertiary/aromatic N) is 3. The molecule has 1 saturated heterocycles. The van der Waals surface area contributed by atoms with Gasteiger partial charge in [-0.2, -0.15) is 0 Å². The molecule has 0 aromatic carbocycles. The van der Waals surface area contributed by atoms with Gasteiger partial charge in [0, 0.05) is 32.5 Å². The van der Waals surface area contributed by atoms with Gasteiger partial charge in [-0.05, 0) is 32.4 Å². The molecule has 0 radical (unpaired) electrons. The molecule has 0 saturated carbocycles. The number of carbonyl (C=O) groups excluding carboxylic acids is 1. The number of aromatic nitrogens is 2. The van der Waals surface area contributed by atoms with E-state index in [-0.39, 0.29) is 11.8 Å². The van der Waals surface area contributed by atoms with Crippen molar-refractivity contribution in [1.29, 1.82) is 5.41 Å². The summed E-state index contributed by atoms with van der Waals surface area (Å²) < 4.78 is 2.02. The minimum atomic E-state index is -0.557. The van der Waals surface area contributed by atoms with Crippen molar-refractivity contribution in [2.45, 2.75) is 26.3 Å². The first-order chi connectivity index (χ1) is 12.8. The van der Waals surface area contributed by atoms with Gasteiger partial charge in [0.15, 0.2) is 0 Å². The number of nitrogens with one attached hydrogen (secondary N) is 3. The highest BCUT2D eigenvalue weighted by molar-refractivity contribution is 6.39. The first kappa shape index (κ1) is 19.2. The lowest BCUT2D eigenvalue weighted by atomic mass is 9.95. The molecule has 1 aliphatic heterocycles. The largest absolute Gasteiger partial charge is 0.374 e. The molecule has 0 aliphatic carbocycles. The van der Waals surface area contributed by atoms with Gasteiger partial charge in [-0.3, -0.25) is 4.79 Å². The maximum Gasteiger partial charge on any atom is 0.227 e. The lowest BCUT2D eigenvalue weighted by molar-refractivity contribution is -0.131. The Morgan fingerprint density at radius 1 is 1.41 bits per heavy atom. The van der Waals surface area contributed by atoms with E-state index >= 15 is 0 Å². The predicted molar refractivity (Wildman–Crippen MR) is 107 cm³/mol. The molecule has 0 bridgehead atoms. The molecular formula is C19H25ClN6O. The Morgan fingerprint density at radius 3 is 2.74 bits per heavy atom. The van der Waals surface area contributed by atoms with Crippen LogP contribution in [0.2, 0.25) is 0 Å². The number of rotatable bonds is 6. The summed E-state index contributed by atoms with van der Waals surface area (Å²) in [5, 5.41) is 13.8. The molecule has 3 heterocycles. The van der Waals surface area contributed by atoms with Crippen LogP contribution in [0.1, 0.15) is 25.1 Å². The third-order valence-corrected chi connectivity index (χ3v) is 5.18. The van der Waals surface area contributed by atoms with E-state index in [0.29, 0.717) is 23.9 Å². The van der Waals surface area contributed by atoms with Gasteiger partial charge in [0.2, 0.25) is 5.91 Å². The first-order valence-corrected chi connectivity index (χ1v) is 9.23. The number of hydrogen-bond acceptors (Lipinski definition) is 5. The minimum absolute atomic E-state index is 0.000261. The van der Waals surface area contributed by atoms with Crippen LogP contribution in [0.3, 0.4) is 0 Å². The molecule has 3 N–H and O–H groups in total. The number of imidazole rings is 1. The van der Waals surface area contributed by atoms with E-state index < -0.39 is 5.54 Å². The second-order valence-corrected chi connectivity index (χ2v) is 7.79. The van der Waals surface area contributed by atoms with Crippen molar-refractivity contribution < 1.29 is 4.79 Å². The summed E-state index contributed by atoms with van der Waals surface area (Å²) in [6.07, 6.45) is 4.93. The Morgan fingerprint density at radius 2 is 2.11 bits per heavy atom. The molecule has 1 fully saturated rings. The number of hydrogen-bond donors (Lipinski definition) is 3. The van der Waals surface area contributed by atoms with Gasteiger partial charge in [-0.15, -0.1) is 0 Å². The van der Waals surface area contributed by atoms with Gasteiger partial charge in [0.1, 0.15) is 11.5 Å². The van der Waals surface area contributed by atoms with Gasteiger partial charge in [-0.1, -0.05) is 17.7 Å². The van der Waals surface area contributed by atoms with Crippen LogP contribution in [0.4, 0.5) is 0 Å². The van der Waals surface area contributed by atoms with E-state index in [1.54, 1.807) is 7.05 Å². The molecule has 7 nitrogen and oxygen atoms in total. The fourth-order valence-electron chi connectivity index (χ4n) is 3.35. The predicted octanol–water partition coefficient (Wildman–Crippen LogP) is 2.20. The second-order valence-electron chi connectivity index (χ2n) is 7.39. The Kier molecular flexibility index (Phi) is 5.15. The lowest BCUT2D eigenvalue weighted by Crippen LogP contribution is -2.57. The van der Waals surface area contributed by atoms with E-state index in [1.165, 1.54) is 0 Å². The summed E-state index contributed by atoms with van der Waals surface area (Å²) >= 11 is 6.03. The van der Waals surface area contributed by atoms with Gasteiger partial charge in [0.25, 0.3) is 0 Å². The smallest absolute Gasteiger partial charge is 0.227 e. The van der Waals surface area contributed by atoms with Crippen molar-refractivity contribution in [3.63, 3.8) is 0 Å². The fraction of sp³-hybridized carbons (Fsp3) is 0.421. The van der Waals surface area contributed by atoms with E-state index in [9.17, 15) is 4.79 Å². The van der Waals surface area contributed by atoms with Crippen molar-refractivity contribution in [2.24, 2.45) is 5.92 Å². The quantitative estimate of drug-likeness (QED) is 0.662. The topological polar surface area (TPSA) is 85.5 Å². The zero-order chi connectivity index (χ0) is 19.8. The highest BCUT2D eigenvalue weighted by Crippen LogP contribution is 2.26. The van der Waals surface area contributed by atoms with E-state index in [2.05, 4.69) is 15.6 Å². The molecule has 2 aromatic rings. The van der Waals surface area contributed by atoms with Gasteiger partial charge in [-0.25, -0.2) is 4.98 Å². The zero-order valence-electron chi connectivity index (χ0n) is 16.0. The summed E-state index contributed by atoms with van der Waals surface area (Å²) in [6, 6.07) is 3.99. The number of carbonyl (C=O) groups is 1. The first-order valence-electron chi connectivity index (χ1n) is 8.86. The third kappa shape index (κ3) is 3.64. The monoisotopic (exact) mass is 388 g/mol. The average molecular weight is 389 g/mol. The van der Waals surface area contributed by atoms with Crippen LogP contribution in [0, 0.1) is 18.3 Å². The molecule has 27 heavy (non-hydrogen) atoms. The van der Waals surface area contributed by atoms with Crippen LogP contribution >= 0.6 is 11.6 Å². The SMILES string of the molecule is CN/C(=C(/Cl)C=N)N1CC(C(=O)NC(C)(C)c2cnc3ccc(C)cn23)C1. The zero-order valence-corrected chi connectivity index (χ0v) is 16.8. The highest BCUT2D eigenvalue weighted by atomic mass is 35.5. The van der Waals surface area contributed by atoms with E-state index in [4.69, 9.17) is 17.0 Å². The highest BCUT2D eigenvalue weighted by Gasteiger charge is 2.37. The maximum absolute atomic E-state index is 12.8. The van der Waals surface area contributed by atoms with Gasteiger partial charge < -0.3 is 25.3 Å². The Labute approximate surface area is 163 Å². The van der Waals surface area contributed by atoms with Gasteiger partial charge in [0.05, 0.1) is 28.4 Å². The van der Waals surface area contributed by atoms with E-state index in [1.807, 2.05) is 54.6 Å². The number of allylic oxidation sites excluding steroid dienone is 1.